The van der Waals surface area contributed by atoms with Crippen LogP contribution < -0.4 is 11.1 Å². The average Bonchev–Trinajstić information content (AvgIpc) is 2.75. The number of hydrogen-bond acceptors (Lipinski definition) is 5. The highest BCUT2D eigenvalue weighted by Crippen LogP contribution is 2.13. The number of rotatable bonds is 1. The van der Waals surface area contributed by atoms with Crippen LogP contribution in [0.3, 0.4) is 0 Å². The lowest BCUT2D eigenvalue weighted by molar-refractivity contribution is 0.0879. The van der Waals surface area contributed by atoms with Gasteiger partial charge in [0.2, 0.25) is 0 Å². The highest BCUT2D eigenvalue weighted by Gasteiger charge is 2.25. The van der Waals surface area contributed by atoms with Gasteiger partial charge in [-0.2, -0.15) is 8.42 Å². The number of nitrogens with one attached hydrogen (secondary N) is 1. The van der Waals surface area contributed by atoms with Gasteiger partial charge in [0, 0.05) is 5.69 Å². The number of carbonyl (C=O) groups excluding carboxylic acids is 2. The van der Waals surface area contributed by atoms with Crippen LogP contribution in [-0.2, 0) is 10.1 Å². The summed E-state index contributed by atoms with van der Waals surface area (Å²) in [4.78, 5) is 21.7. The van der Waals surface area contributed by atoms with E-state index in [2.05, 4.69) is 5.32 Å². The molecule has 1 aliphatic heterocycles. The summed E-state index contributed by atoms with van der Waals surface area (Å²) in [5, 5.41) is 2.20. The monoisotopic (exact) mass is 320 g/mol. The lowest BCUT2D eigenvalue weighted by Gasteiger charge is -1.95. The molecular weight excluding hydrogens is 308 g/mol. The third-order valence-electron chi connectivity index (χ3n) is 2.82. The predicted octanol–water partition coefficient (Wildman–Crippen LogP) is 1.09. The molecular formula is C14H12N2O5S. The third-order valence-corrected chi connectivity index (χ3v) is 3.69. The van der Waals surface area contributed by atoms with Crippen LogP contribution in [0.15, 0.2) is 53.4 Å². The van der Waals surface area contributed by atoms with Gasteiger partial charge in [0.25, 0.3) is 21.9 Å². The molecule has 0 bridgehead atoms. The standard InChI is InChI=1S/C8H5NO2.C6H7NO3S/c10-7-5-3-1-2-4-6(5)8(11)9-7;7-5-1-3-6(4-2-5)11(8,9)10/h1-4H,(H,9,10,11);1-4H,7H2,(H,8,9,10). The molecule has 0 aromatic heterocycles. The number of nitrogens with two attached hydrogens (primary N) is 1. The highest BCUT2D eigenvalue weighted by atomic mass is 32.2. The van der Waals surface area contributed by atoms with Gasteiger partial charge < -0.3 is 5.73 Å². The SMILES string of the molecule is Nc1ccc(S(=O)(=O)O)cc1.O=C1NC(=O)c2ccccc21. The molecule has 0 atom stereocenters. The van der Waals surface area contributed by atoms with Crippen LogP contribution in [0.5, 0.6) is 0 Å². The molecule has 0 saturated carbocycles. The van der Waals surface area contributed by atoms with Crippen molar-refractivity contribution in [2.75, 3.05) is 5.73 Å². The summed E-state index contributed by atoms with van der Waals surface area (Å²) in [6.45, 7) is 0. The van der Waals surface area contributed by atoms with Crippen LogP contribution in [0.4, 0.5) is 5.69 Å². The van der Waals surface area contributed by atoms with Crippen molar-refractivity contribution in [3.8, 4) is 0 Å². The van der Waals surface area contributed by atoms with Gasteiger partial charge in [0.15, 0.2) is 0 Å². The van der Waals surface area contributed by atoms with E-state index in [0.29, 0.717) is 16.8 Å². The summed E-state index contributed by atoms with van der Waals surface area (Å²) in [7, 11) is -4.08. The molecule has 1 aliphatic rings. The number of anilines is 1. The highest BCUT2D eigenvalue weighted by molar-refractivity contribution is 7.85. The van der Waals surface area contributed by atoms with Crippen LogP contribution in [0.2, 0.25) is 0 Å². The van der Waals surface area contributed by atoms with E-state index in [-0.39, 0.29) is 16.7 Å². The van der Waals surface area contributed by atoms with Gasteiger partial charge in [-0.15, -0.1) is 0 Å². The van der Waals surface area contributed by atoms with Crippen molar-refractivity contribution >= 4 is 27.6 Å². The van der Waals surface area contributed by atoms with Crippen molar-refractivity contribution in [3.05, 3.63) is 59.7 Å². The Kier molecular flexibility index (Phi) is 4.25. The minimum atomic E-state index is -4.08. The Balaban J connectivity index is 0.000000160. The maximum absolute atomic E-state index is 10.9. The van der Waals surface area contributed by atoms with Crippen molar-refractivity contribution in [2.45, 2.75) is 4.90 Å². The molecule has 2 aromatic carbocycles. The minimum absolute atomic E-state index is 0.147. The Bertz CT molecular complexity index is 796. The predicted molar refractivity (Wildman–Crippen MR) is 78.9 cm³/mol. The first-order chi connectivity index (χ1) is 10.3. The van der Waals surface area contributed by atoms with Gasteiger partial charge >= 0.3 is 0 Å². The van der Waals surface area contributed by atoms with E-state index in [1.807, 2.05) is 0 Å². The molecule has 0 spiro atoms. The van der Waals surface area contributed by atoms with Crippen LogP contribution in [0.25, 0.3) is 0 Å². The van der Waals surface area contributed by atoms with Gasteiger partial charge in [0.1, 0.15) is 0 Å². The van der Waals surface area contributed by atoms with Crippen molar-refractivity contribution in [2.24, 2.45) is 0 Å². The summed E-state index contributed by atoms with van der Waals surface area (Å²) < 4.78 is 29.4. The second kappa shape index (κ2) is 5.96. The van der Waals surface area contributed by atoms with Gasteiger partial charge in [-0.3, -0.25) is 19.5 Å². The quantitative estimate of drug-likeness (QED) is 0.410. The molecule has 0 unspecified atom stereocenters. The van der Waals surface area contributed by atoms with E-state index in [9.17, 15) is 18.0 Å². The van der Waals surface area contributed by atoms with E-state index < -0.39 is 10.1 Å². The topological polar surface area (TPSA) is 127 Å². The minimum Gasteiger partial charge on any atom is -0.399 e. The maximum Gasteiger partial charge on any atom is 0.294 e. The summed E-state index contributed by atoms with van der Waals surface area (Å²) >= 11 is 0. The second-order valence-corrected chi connectivity index (χ2v) is 5.79. The van der Waals surface area contributed by atoms with Crippen LogP contribution in [-0.4, -0.2) is 24.8 Å². The summed E-state index contributed by atoms with van der Waals surface area (Å²) in [6, 6.07) is 12.0. The first kappa shape index (κ1) is 15.7. The number of carbonyl (C=O) groups is 2. The van der Waals surface area contributed by atoms with E-state index in [4.69, 9.17) is 10.3 Å². The zero-order valence-electron chi connectivity index (χ0n) is 11.2. The zero-order valence-corrected chi connectivity index (χ0v) is 12.0. The van der Waals surface area contributed by atoms with Gasteiger partial charge in [-0.1, -0.05) is 12.1 Å². The van der Waals surface area contributed by atoms with Crippen LogP contribution in [0.1, 0.15) is 20.7 Å². The van der Waals surface area contributed by atoms with Gasteiger partial charge in [-0.25, -0.2) is 0 Å². The molecule has 8 heteroatoms. The molecule has 114 valence electrons. The fourth-order valence-corrected chi connectivity index (χ4v) is 2.24. The summed E-state index contributed by atoms with van der Waals surface area (Å²) in [6.07, 6.45) is 0. The molecule has 7 nitrogen and oxygen atoms in total. The molecule has 0 aliphatic carbocycles. The first-order valence-corrected chi connectivity index (χ1v) is 7.51. The van der Waals surface area contributed by atoms with E-state index in [0.717, 1.165) is 0 Å². The van der Waals surface area contributed by atoms with Crippen molar-refractivity contribution in [1.29, 1.82) is 0 Å². The first-order valence-electron chi connectivity index (χ1n) is 6.07. The summed E-state index contributed by atoms with van der Waals surface area (Å²) in [5.74, 6) is -0.601. The van der Waals surface area contributed by atoms with E-state index in [1.165, 1.54) is 24.3 Å². The molecule has 0 saturated heterocycles. The lowest BCUT2D eigenvalue weighted by atomic mass is 10.1. The van der Waals surface area contributed by atoms with E-state index >= 15 is 0 Å². The zero-order chi connectivity index (χ0) is 16.3. The van der Waals surface area contributed by atoms with Crippen molar-refractivity contribution in [1.82, 2.24) is 5.32 Å². The molecule has 0 radical (unpaired) electrons. The number of benzene rings is 2. The molecule has 1 heterocycles. The van der Waals surface area contributed by atoms with Crippen molar-refractivity contribution < 1.29 is 22.6 Å². The largest absolute Gasteiger partial charge is 0.399 e. The maximum atomic E-state index is 10.9. The molecule has 2 amide bonds. The fourth-order valence-electron chi connectivity index (χ4n) is 1.76. The second-order valence-electron chi connectivity index (χ2n) is 4.37. The summed E-state index contributed by atoms with van der Waals surface area (Å²) in [5.41, 5.74) is 6.69. The lowest BCUT2D eigenvalue weighted by Crippen LogP contribution is -2.19. The Morgan fingerprint density at radius 1 is 0.864 bits per heavy atom. The molecule has 22 heavy (non-hydrogen) atoms. The number of fused-ring (bicyclic) bond motifs is 1. The van der Waals surface area contributed by atoms with Crippen LogP contribution >= 0.6 is 0 Å². The Morgan fingerprint density at radius 2 is 1.32 bits per heavy atom. The van der Waals surface area contributed by atoms with Crippen LogP contribution in [0, 0.1) is 0 Å². The smallest absolute Gasteiger partial charge is 0.294 e. The molecule has 0 fully saturated rings. The van der Waals surface area contributed by atoms with Crippen molar-refractivity contribution in [3.63, 3.8) is 0 Å². The third kappa shape index (κ3) is 3.48. The Labute approximate surface area is 126 Å². The molecule has 4 N–H and O–H groups in total. The molecule has 3 rings (SSSR count). The number of amides is 2. The fraction of sp³-hybridized carbons (Fsp3) is 0. The van der Waals surface area contributed by atoms with Gasteiger partial charge in [-0.05, 0) is 36.4 Å². The van der Waals surface area contributed by atoms with Gasteiger partial charge in [0.05, 0.1) is 16.0 Å². The number of nitrogen functional groups attached to an aromatic ring is 1. The average molecular weight is 320 g/mol. The molecule has 2 aromatic rings. The Hall–Kier alpha value is -2.71. The van der Waals surface area contributed by atoms with E-state index in [1.54, 1.807) is 24.3 Å². The Morgan fingerprint density at radius 3 is 1.73 bits per heavy atom. The number of hydrogen-bond donors (Lipinski definition) is 3. The number of imide groups is 1. The normalized spacial score (nSPS) is 13.0.